The molecule has 0 aliphatic rings. The van der Waals surface area contributed by atoms with Crippen LogP contribution in [-0.4, -0.2) is 21.2 Å². The minimum Gasteiger partial charge on any atom is -0.383 e. The molecule has 2 aromatic rings. The van der Waals surface area contributed by atoms with Crippen molar-refractivity contribution in [3.63, 3.8) is 0 Å². The van der Waals surface area contributed by atoms with E-state index in [0.717, 1.165) is 17.1 Å². The number of anilines is 2. The molecule has 0 atom stereocenters. The predicted octanol–water partition coefficient (Wildman–Crippen LogP) is 2.10. The molecule has 0 amide bonds. The van der Waals surface area contributed by atoms with Crippen molar-refractivity contribution in [2.45, 2.75) is 18.6 Å². The van der Waals surface area contributed by atoms with E-state index in [0.29, 0.717) is 17.5 Å². The van der Waals surface area contributed by atoms with Crippen LogP contribution in [0.25, 0.3) is 0 Å². The van der Waals surface area contributed by atoms with Crippen molar-refractivity contribution in [1.82, 2.24) is 15.0 Å². The summed E-state index contributed by atoms with van der Waals surface area (Å²) in [6, 6.07) is 5.68. The highest BCUT2D eigenvalue weighted by Crippen LogP contribution is 2.16. The Hall–Kier alpha value is -1.82. The molecule has 2 heterocycles. The van der Waals surface area contributed by atoms with E-state index in [1.807, 2.05) is 25.3 Å². The summed E-state index contributed by atoms with van der Waals surface area (Å²) in [6.45, 7) is 2.66. The van der Waals surface area contributed by atoms with Crippen LogP contribution in [0.1, 0.15) is 11.3 Å². The van der Waals surface area contributed by atoms with E-state index in [9.17, 15) is 0 Å². The highest BCUT2D eigenvalue weighted by Gasteiger charge is 2.03. The van der Waals surface area contributed by atoms with E-state index >= 15 is 0 Å². The molecule has 0 radical (unpaired) electrons. The predicted molar refractivity (Wildman–Crippen MR) is 74.5 cm³/mol. The Morgan fingerprint density at radius 1 is 1.39 bits per heavy atom. The minimum atomic E-state index is 0.467. The van der Waals surface area contributed by atoms with Crippen LogP contribution in [-0.2, 0) is 6.54 Å². The van der Waals surface area contributed by atoms with Gasteiger partial charge < -0.3 is 11.1 Å². The standard InChI is InChI=1S/C12H15N5S/c1-8-4-3-5-14-9(8)7-15-11-6-10(13)16-12(17-11)18-2/h3-6H,7H2,1-2H3,(H3,13,15,16,17). The molecule has 5 nitrogen and oxygen atoms in total. The first-order chi connectivity index (χ1) is 8.69. The van der Waals surface area contributed by atoms with Crippen LogP contribution in [0.15, 0.2) is 29.6 Å². The Morgan fingerprint density at radius 3 is 2.94 bits per heavy atom. The molecule has 0 aliphatic carbocycles. The summed E-state index contributed by atoms with van der Waals surface area (Å²) in [5, 5.41) is 3.87. The lowest BCUT2D eigenvalue weighted by atomic mass is 10.2. The third-order valence-corrected chi connectivity index (χ3v) is 3.01. The van der Waals surface area contributed by atoms with Crippen LogP contribution in [0.3, 0.4) is 0 Å². The quantitative estimate of drug-likeness (QED) is 0.648. The summed E-state index contributed by atoms with van der Waals surface area (Å²) in [7, 11) is 0. The summed E-state index contributed by atoms with van der Waals surface area (Å²) >= 11 is 1.46. The fraction of sp³-hybridized carbons (Fsp3) is 0.250. The number of thioether (sulfide) groups is 1. The van der Waals surface area contributed by atoms with E-state index in [4.69, 9.17) is 5.73 Å². The second-order valence-corrected chi connectivity index (χ2v) is 4.56. The molecule has 18 heavy (non-hydrogen) atoms. The van der Waals surface area contributed by atoms with Crippen LogP contribution in [0.2, 0.25) is 0 Å². The minimum absolute atomic E-state index is 0.467. The highest BCUT2D eigenvalue weighted by atomic mass is 32.2. The molecular formula is C12H15N5S. The van der Waals surface area contributed by atoms with Gasteiger partial charge in [-0.1, -0.05) is 17.8 Å². The Kier molecular flexibility index (Phi) is 3.99. The van der Waals surface area contributed by atoms with Gasteiger partial charge >= 0.3 is 0 Å². The van der Waals surface area contributed by atoms with Gasteiger partial charge in [0, 0.05) is 12.3 Å². The van der Waals surface area contributed by atoms with Gasteiger partial charge in [0.1, 0.15) is 11.6 Å². The fourth-order valence-electron chi connectivity index (χ4n) is 1.50. The Balaban J connectivity index is 2.11. The number of nitrogen functional groups attached to an aromatic ring is 1. The highest BCUT2D eigenvalue weighted by molar-refractivity contribution is 7.98. The number of aryl methyl sites for hydroxylation is 1. The van der Waals surface area contributed by atoms with Crippen molar-refractivity contribution in [3.8, 4) is 0 Å². The molecule has 6 heteroatoms. The molecular weight excluding hydrogens is 246 g/mol. The lowest BCUT2D eigenvalue weighted by molar-refractivity contribution is 0.946. The first-order valence-corrected chi connectivity index (χ1v) is 6.74. The molecule has 0 aromatic carbocycles. The number of nitrogens with one attached hydrogen (secondary N) is 1. The molecule has 0 unspecified atom stereocenters. The lowest BCUT2D eigenvalue weighted by Gasteiger charge is -2.08. The zero-order valence-electron chi connectivity index (χ0n) is 10.3. The Bertz CT molecular complexity index is 544. The summed E-state index contributed by atoms with van der Waals surface area (Å²) in [5.41, 5.74) is 7.86. The Labute approximate surface area is 110 Å². The molecule has 3 N–H and O–H groups in total. The molecule has 0 saturated carbocycles. The van der Waals surface area contributed by atoms with Gasteiger partial charge in [-0.3, -0.25) is 4.98 Å². The SMILES string of the molecule is CSc1nc(N)cc(NCc2ncccc2C)n1. The van der Waals surface area contributed by atoms with Crippen molar-refractivity contribution < 1.29 is 0 Å². The van der Waals surface area contributed by atoms with Crippen molar-refractivity contribution in [1.29, 1.82) is 0 Å². The molecule has 0 saturated heterocycles. The number of pyridine rings is 1. The van der Waals surface area contributed by atoms with Gasteiger partial charge in [-0.25, -0.2) is 9.97 Å². The Morgan fingerprint density at radius 2 is 2.22 bits per heavy atom. The first kappa shape index (κ1) is 12.6. The molecule has 2 rings (SSSR count). The topological polar surface area (TPSA) is 76.7 Å². The van der Waals surface area contributed by atoms with Crippen molar-refractivity contribution in [3.05, 3.63) is 35.7 Å². The maximum absolute atomic E-state index is 5.71. The lowest BCUT2D eigenvalue weighted by Crippen LogP contribution is -2.06. The van der Waals surface area contributed by atoms with E-state index in [2.05, 4.69) is 20.3 Å². The smallest absolute Gasteiger partial charge is 0.191 e. The van der Waals surface area contributed by atoms with Crippen molar-refractivity contribution in [2.75, 3.05) is 17.3 Å². The summed E-state index contributed by atoms with van der Waals surface area (Å²) < 4.78 is 0. The zero-order valence-corrected chi connectivity index (χ0v) is 11.2. The van der Waals surface area contributed by atoms with Crippen LogP contribution in [0.4, 0.5) is 11.6 Å². The second-order valence-electron chi connectivity index (χ2n) is 3.79. The largest absolute Gasteiger partial charge is 0.383 e. The maximum atomic E-state index is 5.71. The summed E-state index contributed by atoms with van der Waals surface area (Å²) in [6.07, 6.45) is 3.70. The number of rotatable bonds is 4. The van der Waals surface area contributed by atoms with Gasteiger partial charge in [-0.15, -0.1) is 0 Å². The maximum Gasteiger partial charge on any atom is 0.191 e. The third-order valence-electron chi connectivity index (χ3n) is 2.46. The molecule has 94 valence electrons. The zero-order chi connectivity index (χ0) is 13.0. The van der Waals surface area contributed by atoms with Crippen LogP contribution >= 0.6 is 11.8 Å². The van der Waals surface area contributed by atoms with Crippen molar-refractivity contribution >= 4 is 23.4 Å². The normalized spacial score (nSPS) is 10.3. The number of hydrogen-bond donors (Lipinski definition) is 2. The molecule has 2 aromatic heterocycles. The van der Waals surface area contributed by atoms with Crippen LogP contribution in [0.5, 0.6) is 0 Å². The van der Waals surface area contributed by atoms with E-state index < -0.39 is 0 Å². The first-order valence-electron chi connectivity index (χ1n) is 5.52. The third kappa shape index (κ3) is 3.10. The molecule has 0 aliphatic heterocycles. The molecule has 0 bridgehead atoms. The number of hydrogen-bond acceptors (Lipinski definition) is 6. The van der Waals surface area contributed by atoms with Gasteiger partial charge in [0.25, 0.3) is 0 Å². The summed E-state index contributed by atoms with van der Waals surface area (Å²) in [4.78, 5) is 12.7. The molecule has 0 fully saturated rings. The fourth-order valence-corrected chi connectivity index (χ4v) is 1.89. The monoisotopic (exact) mass is 261 g/mol. The van der Waals surface area contributed by atoms with E-state index in [-0.39, 0.29) is 0 Å². The van der Waals surface area contributed by atoms with E-state index in [1.165, 1.54) is 11.8 Å². The van der Waals surface area contributed by atoms with Gasteiger partial charge in [0.15, 0.2) is 5.16 Å². The van der Waals surface area contributed by atoms with Gasteiger partial charge in [0.2, 0.25) is 0 Å². The van der Waals surface area contributed by atoms with Gasteiger partial charge in [-0.05, 0) is 24.8 Å². The average molecular weight is 261 g/mol. The van der Waals surface area contributed by atoms with Crippen LogP contribution < -0.4 is 11.1 Å². The van der Waals surface area contributed by atoms with Crippen LogP contribution in [0, 0.1) is 6.92 Å². The van der Waals surface area contributed by atoms with Gasteiger partial charge in [0.05, 0.1) is 12.2 Å². The van der Waals surface area contributed by atoms with Gasteiger partial charge in [-0.2, -0.15) is 0 Å². The van der Waals surface area contributed by atoms with E-state index in [1.54, 1.807) is 12.3 Å². The number of nitrogens with two attached hydrogens (primary N) is 1. The van der Waals surface area contributed by atoms with Crippen molar-refractivity contribution in [2.24, 2.45) is 0 Å². The second kappa shape index (κ2) is 5.68. The average Bonchev–Trinajstić information content (AvgIpc) is 2.37. The molecule has 0 spiro atoms. The summed E-state index contributed by atoms with van der Waals surface area (Å²) in [5.74, 6) is 1.19. The number of nitrogens with zero attached hydrogens (tertiary/aromatic N) is 3. The number of aromatic nitrogens is 3.